The SMILES string of the molecule is O=C(N/N=C1/CC2C=CCC12)c1ccc(Cl)c(Cl)c1. The minimum absolute atomic E-state index is 0.263. The largest absolute Gasteiger partial charge is 0.271 e. The molecule has 3 nitrogen and oxygen atoms in total. The first-order valence-electron chi connectivity index (χ1n) is 6.13. The quantitative estimate of drug-likeness (QED) is 0.656. The highest BCUT2D eigenvalue weighted by Gasteiger charge is 2.37. The Balaban J connectivity index is 1.65. The van der Waals surface area contributed by atoms with E-state index in [1.807, 2.05) is 0 Å². The van der Waals surface area contributed by atoms with Gasteiger partial charge >= 0.3 is 0 Å². The van der Waals surface area contributed by atoms with Gasteiger partial charge in [-0.05, 0) is 37.0 Å². The Labute approximate surface area is 121 Å². The number of allylic oxidation sites excluding steroid dienone is 2. The van der Waals surface area contributed by atoms with E-state index in [1.54, 1.807) is 18.2 Å². The van der Waals surface area contributed by atoms with Crippen molar-refractivity contribution in [1.82, 2.24) is 5.43 Å². The van der Waals surface area contributed by atoms with Gasteiger partial charge in [0, 0.05) is 17.2 Å². The van der Waals surface area contributed by atoms with Crippen molar-refractivity contribution in [2.75, 3.05) is 0 Å². The van der Waals surface area contributed by atoms with Gasteiger partial charge in [-0.15, -0.1) is 0 Å². The fourth-order valence-corrected chi connectivity index (χ4v) is 2.79. The predicted octanol–water partition coefficient (Wildman–Crippen LogP) is 3.68. The summed E-state index contributed by atoms with van der Waals surface area (Å²) in [7, 11) is 0. The molecular weight excluding hydrogens is 283 g/mol. The number of carbonyl (C=O) groups excluding carboxylic acids is 1. The fraction of sp³-hybridized carbons (Fsp3) is 0.286. The maximum absolute atomic E-state index is 11.9. The summed E-state index contributed by atoms with van der Waals surface area (Å²) < 4.78 is 0. The van der Waals surface area contributed by atoms with E-state index in [0.29, 0.717) is 27.4 Å². The molecule has 0 aromatic heterocycles. The zero-order valence-electron chi connectivity index (χ0n) is 10.1. The van der Waals surface area contributed by atoms with Gasteiger partial charge in [-0.2, -0.15) is 5.10 Å². The summed E-state index contributed by atoms with van der Waals surface area (Å²) in [6, 6.07) is 4.77. The third-order valence-corrected chi connectivity index (χ3v) is 4.38. The molecule has 1 fully saturated rings. The van der Waals surface area contributed by atoms with Crippen molar-refractivity contribution in [2.24, 2.45) is 16.9 Å². The van der Waals surface area contributed by atoms with Crippen LogP contribution in [0.1, 0.15) is 23.2 Å². The van der Waals surface area contributed by atoms with Gasteiger partial charge in [-0.3, -0.25) is 4.79 Å². The Bertz CT molecular complexity index is 595. The Morgan fingerprint density at radius 2 is 2.16 bits per heavy atom. The second-order valence-corrected chi connectivity index (χ2v) is 5.63. The first-order valence-corrected chi connectivity index (χ1v) is 6.89. The van der Waals surface area contributed by atoms with Gasteiger partial charge < -0.3 is 0 Å². The molecule has 19 heavy (non-hydrogen) atoms. The zero-order valence-corrected chi connectivity index (χ0v) is 11.6. The number of hydrogen-bond acceptors (Lipinski definition) is 2. The lowest BCUT2D eigenvalue weighted by Gasteiger charge is -2.31. The molecule has 0 aliphatic heterocycles. The van der Waals surface area contributed by atoms with Crippen LogP contribution in [0, 0.1) is 11.8 Å². The van der Waals surface area contributed by atoms with Gasteiger partial charge in [0.05, 0.1) is 10.0 Å². The molecule has 1 N–H and O–H groups in total. The molecule has 1 aromatic carbocycles. The molecule has 0 spiro atoms. The Hall–Kier alpha value is -1.32. The zero-order chi connectivity index (χ0) is 13.4. The highest BCUT2D eigenvalue weighted by Crippen LogP contribution is 2.40. The summed E-state index contributed by atoms with van der Waals surface area (Å²) in [5.74, 6) is 0.857. The number of fused-ring (bicyclic) bond motifs is 1. The molecule has 0 bridgehead atoms. The number of hydrogen-bond donors (Lipinski definition) is 1. The van der Waals surface area contributed by atoms with Gasteiger partial charge in [0.25, 0.3) is 5.91 Å². The molecular formula is C14H12Cl2N2O. The molecule has 0 radical (unpaired) electrons. The molecule has 98 valence electrons. The maximum Gasteiger partial charge on any atom is 0.271 e. The van der Waals surface area contributed by atoms with Crippen LogP contribution in [0.5, 0.6) is 0 Å². The van der Waals surface area contributed by atoms with Crippen LogP contribution < -0.4 is 5.43 Å². The van der Waals surface area contributed by atoms with E-state index >= 15 is 0 Å². The third-order valence-electron chi connectivity index (χ3n) is 3.65. The summed E-state index contributed by atoms with van der Waals surface area (Å²) in [6.07, 6.45) is 6.39. The first-order chi connectivity index (χ1) is 9.15. The fourth-order valence-electron chi connectivity index (χ4n) is 2.49. The maximum atomic E-state index is 11.9. The number of carbonyl (C=O) groups is 1. The normalized spacial score (nSPS) is 26.1. The minimum atomic E-state index is -0.263. The van der Waals surface area contributed by atoms with Crippen LogP contribution >= 0.6 is 23.2 Å². The Morgan fingerprint density at radius 1 is 1.32 bits per heavy atom. The number of nitrogens with zero attached hydrogens (tertiary/aromatic N) is 1. The highest BCUT2D eigenvalue weighted by atomic mass is 35.5. The standard InChI is InChI=1S/C14H12Cl2N2O/c15-11-5-4-9(6-12(11)16)14(19)18-17-13-7-8-2-1-3-10(8)13/h1-2,4-6,8,10H,3,7H2,(H,18,19)/b17-13-. The molecule has 2 atom stereocenters. The van der Waals surface area contributed by atoms with Crippen LogP contribution in [0.4, 0.5) is 0 Å². The summed E-state index contributed by atoms with van der Waals surface area (Å²) in [4.78, 5) is 11.9. The third kappa shape index (κ3) is 2.40. The number of halogens is 2. The molecule has 2 unspecified atom stereocenters. The predicted molar refractivity (Wildman–Crippen MR) is 76.7 cm³/mol. The number of amides is 1. The monoisotopic (exact) mass is 294 g/mol. The van der Waals surface area contributed by atoms with E-state index in [4.69, 9.17) is 23.2 Å². The molecule has 5 heteroatoms. The molecule has 3 rings (SSSR count). The van der Waals surface area contributed by atoms with Crippen LogP contribution in [-0.2, 0) is 0 Å². The molecule has 2 aliphatic carbocycles. The summed E-state index contributed by atoms with van der Waals surface area (Å²) in [5.41, 5.74) is 4.11. The number of hydrazone groups is 1. The van der Waals surface area contributed by atoms with Crippen LogP contribution in [0.3, 0.4) is 0 Å². The van der Waals surface area contributed by atoms with Crippen molar-refractivity contribution in [3.63, 3.8) is 0 Å². The number of rotatable bonds is 2. The van der Waals surface area contributed by atoms with Gasteiger partial charge in [0.2, 0.25) is 0 Å². The van der Waals surface area contributed by atoms with Crippen LogP contribution in [0.15, 0.2) is 35.5 Å². The number of benzene rings is 1. The molecule has 1 saturated carbocycles. The lowest BCUT2D eigenvalue weighted by molar-refractivity contribution is 0.0954. The minimum Gasteiger partial charge on any atom is -0.267 e. The topological polar surface area (TPSA) is 41.5 Å². The smallest absolute Gasteiger partial charge is 0.267 e. The molecule has 0 saturated heterocycles. The molecule has 1 amide bonds. The van der Waals surface area contributed by atoms with Gasteiger partial charge in [-0.1, -0.05) is 35.4 Å². The Kier molecular flexibility index (Phi) is 3.33. The highest BCUT2D eigenvalue weighted by molar-refractivity contribution is 6.42. The molecule has 1 aromatic rings. The van der Waals surface area contributed by atoms with Gasteiger partial charge in [-0.25, -0.2) is 5.43 Å². The van der Waals surface area contributed by atoms with Crippen molar-refractivity contribution in [1.29, 1.82) is 0 Å². The molecule has 2 aliphatic rings. The first kappa shape index (κ1) is 12.7. The van der Waals surface area contributed by atoms with E-state index in [0.717, 1.165) is 18.6 Å². The van der Waals surface area contributed by atoms with Gasteiger partial charge in [0.1, 0.15) is 0 Å². The summed E-state index contributed by atoms with van der Waals surface area (Å²) >= 11 is 11.7. The van der Waals surface area contributed by atoms with E-state index in [-0.39, 0.29) is 5.91 Å². The van der Waals surface area contributed by atoms with E-state index in [2.05, 4.69) is 22.7 Å². The van der Waals surface area contributed by atoms with Crippen molar-refractivity contribution in [3.05, 3.63) is 46.0 Å². The lowest BCUT2D eigenvalue weighted by atomic mass is 9.74. The Morgan fingerprint density at radius 3 is 2.89 bits per heavy atom. The summed E-state index contributed by atoms with van der Waals surface area (Å²) in [6.45, 7) is 0. The van der Waals surface area contributed by atoms with Crippen molar-refractivity contribution >= 4 is 34.8 Å². The average Bonchev–Trinajstić information content (AvgIpc) is 2.74. The number of nitrogens with one attached hydrogen (secondary N) is 1. The van der Waals surface area contributed by atoms with E-state index in [9.17, 15) is 4.79 Å². The summed E-state index contributed by atoms with van der Waals surface area (Å²) in [5, 5.41) is 5.00. The van der Waals surface area contributed by atoms with Crippen molar-refractivity contribution in [2.45, 2.75) is 12.8 Å². The van der Waals surface area contributed by atoms with Crippen LogP contribution in [-0.4, -0.2) is 11.6 Å². The van der Waals surface area contributed by atoms with Crippen LogP contribution in [0.2, 0.25) is 10.0 Å². The van der Waals surface area contributed by atoms with E-state index in [1.165, 1.54) is 0 Å². The van der Waals surface area contributed by atoms with Crippen LogP contribution in [0.25, 0.3) is 0 Å². The average molecular weight is 295 g/mol. The van der Waals surface area contributed by atoms with Crippen molar-refractivity contribution in [3.8, 4) is 0 Å². The second-order valence-electron chi connectivity index (χ2n) is 4.81. The van der Waals surface area contributed by atoms with E-state index < -0.39 is 0 Å². The lowest BCUT2D eigenvalue weighted by Crippen LogP contribution is -2.35. The molecule has 0 heterocycles. The van der Waals surface area contributed by atoms with Crippen molar-refractivity contribution < 1.29 is 4.79 Å². The second kappa shape index (κ2) is 4.99. The van der Waals surface area contributed by atoms with Gasteiger partial charge in [0.15, 0.2) is 0 Å².